The summed E-state index contributed by atoms with van der Waals surface area (Å²) in [6, 6.07) is 10.8. The molecule has 37 heavy (non-hydrogen) atoms. The van der Waals surface area contributed by atoms with Crippen molar-refractivity contribution in [2.45, 2.75) is 26.7 Å². The number of rotatable bonds is 4. The quantitative estimate of drug-likeness (QED) is 0.288. The maximum absolute atomic E-state index is 8.63. The van der Waals surface area contributed by atoms with Crippen molar-refractivity contribution < 1.29 is 19.0 Å². The Bertz CT molecular complexity index is 1400. The lowest BCUT2D eigenvalue weighted by molar-refractivity contribution is 0.350. The second-order valence-corrected chi connectivity index (χ2v) is 8.52. The largest absolute Gasteiger partial charge is 0.421 e. The smallest absolute Gasteiger partial charge is 0.247 e. The number of hydrogen-bond donors (Lipinski definition) is 2. The van der Waals surface area contributed by atoms with E-state index < -0.39 is 0 Å². The first-order valence-electron chi connectivity index (χ1n) is 10.9. The number of halogens is 3. The summed E-state index contributed by atoms with van der Waals surface area (Å²) in [6.07, 6.45) is 5.96. The van der Waals surface area contributed by atoms with Crippen molar-refractivity contribution in [2.24, 2.45) is 0 Å². The van der Waals surface area contributed by atoms with Gasteiger partial charge in [0.15, 0.2) is 0 Å². The molecule has 0 unspecified atom stereocenters. The van der Waals surface area contributed by atoms with Crippen LogP contribution in [0, 0.1) is 24.2 Å². The molecule has 0 spiro atoms. The van der Waals surface area contributed by atoms with Gasteiger partial charge in [-0.3, -0.25) is 0 Å². The van der Waals surface area contributed by atoms with Crippen molar-refractivity contribution >= 4 is 39.1 Å². The van der Waals surface area contributed by atoms with E-state index in [1.54, 1.807) is 24.3 Å². The molecule has 0 radical (unpaired) electrons. The Morgan fingerprint density at radius 3 is 1.76 bits per heavy atom. The van der Waals surface area contributed by atoms with Crippen molar-refractivity contribution in [3.8, 4) is 47.1 Å². The topological polar surface area (TPSA) is 118 Å². The van der Waals surface area contributed by atoms with E-state index in [1.165, 1.54) is 0 Å². The van der Waals surface area contributed by atoms with Crippen LogP contribution in [0.15, 0.2) is 49.7 Å². The molecule has 192 valence electrons. The fourth-order valence-electron chi connectivity index (χ4n) is 2.54. The zero-order valence-corrected chi connectivity index (χ0v) is 23.1. The molecule has 0 aliphatic rings. The Labute approximate surface area is 233 Å². The first-order valence-corrected chi connectivity index (χ1v) is 12.5. The van der Waals surface area contributed by atoms with E-state index >= 15 is 0 Å². The van der Waals surface area contributed by atoms with Crippen LogP contribution in [0.3, 0.4) is 0 Å². The van der Waals surface area contributed by atoms with E-state index in [0.29, 0.717) is 45.6 Å². The Morgan fingerprint density at radius 1 is 0.838 bits per heavy atom. The number of aliphatic hydroxyl groups excluding tert-OH is 2. The van der Waals surface area contributed by atoms with Crippen molar-refractivity contribution in [3.05, 3.63) is 68.3 Å². The van der Waals surface area contributed by atoms with Gasteiger partial charge >= 0.3 is 0 Å². The summed E-state index contributed by atoms with van der Waals surface area (Å²) in [7, 11) is 0. The highest BCUT2D eigenvalue weighted by Crippen LogP contribution is 2.28. The van der Waals surface area contributed by atoms with Gasteiger partial charge in [0.05, 0.1) is 10.0 Å². The molecule has 0 atom stereocenters. The number of hydrogen-bond acceptors (Lipinski definition) is 8. The Morgan fingerprint density at radius 2 is 1.35 bits per heavy atom. The molecule has 0 fully saturated rings. The summed E-state index contributed by atoms with van der Waals surface area (Å²) in [5.74, 6) is 9.45. The van der Waals surface area contributed by atoms with Crippen molar-refractivity contribution in [1.29, 1.82) is 0 Å². The summed E-state index contributed by atoms with van der Waals surface area (Å²) in [4.78, 5) is 0. The van der Waals surface area contributed by atoms with Gasteiger partial charge in [-0.2, -0.15) is 0 Å². The van der Waals surface area contributed by atoms with Crippen LogP contribution in [0.1, 0.15) is 31.2 Å². The average Bonchev–Trinajstić information content (AvgIpc) is 3.60. The monoisotopic (exact) mass is 604 g/mol. The lowest BCUT2D eigenvalue weighted by Crippen LogP contribution is -1.83. The molecule has 2 aromatic heterocycles. The average molecular weight is 606 g/mol. The Hall–Kier alpha value is -3.18. The molecule has 0 aliphatic heterocycles. The molecule has 0 saturated carbocycles. The maximum atomic E-state index is 8.63. The molecule has 0 bridgehead atoms. The standard InChI is InChI=1S/C13H11ClN2O2.C10H8BrClN2O.C3H4O/c1-2-12-15-16-13(18-12)10-6-5-9(4-3-7-17)11(14)8-10;1-2-9-13-14-10(15-9)6-3-4-7(11)8(12)5-6;1-2-3-4/h5-6,8,17H,2,7H2,1H3;3-5H,2H2,1H3;1,4H,3H2. The number of aliphatic hydroxyl groups is 2. The van der Waals surface area contributed by atoms with Crippen molar-refractivity contribution in [1.82, 2.24) is 20.4 Å². The Balaban J connectivity index is 0.000000230. The Kier molecular flexibility index (Phi) is 12.9. The molecule has 0 amide bonds. The minimum atomic E-state index is -0.193. The van der Waals surface area contributed by atoms with E-state index in [9.17, 15) is 0 Å². The highest BCUT2D eigenvalue weighted by Gasteiger charge is 2.10. The number of aromatic nitrogens is 4. The van der Waals surface area contributed by atoms with Crippen molar-refractivity contribution in [3.63, 3.8) is 0 Å². The summed E-state index contributed by atoms with van der Waals surface area (Å²) in [5.41, 5.74) is 2.24. The number of aryl methyl sites for hydroxylation is 2. The van der Waals surface area contributed by atoms with Crippen LogP contribution in [-0.2, 0) is 12.8 Å². The van der Waals surface area contributed by atoms with Crippen LogP contribution >= 0.6 is 39.1 Å². The van der Waals surface area contributed by atoms with Gasteiger partial charge < -0.3 is 19.0 Å². The molecule has 0 saturated heterocycles. The third kappa shape index (κ3) is 9.32. The van der Waals surface area contributed by atoms with Gasteiger partial charge in [0.25, 0.3) is 0 Å². The molecular weight excluding hydrogens is 583 g/mol. The van der Waals surface area contributed by atoms with E-state index in [2.05, 4.69) is 54.6 Å². The van der Waals surface area contributed by atoms with E-state index in [-0.39, 0.29) is 13.2 Å². The van der Waals surface area contributed by atoms with Crippen LogP contribution in [0.25, 0.3) is 22.9 Å². The second kappa shape index (κ2) is 15.8. The van der Waals surface area contributed by atoms with Gasteiger partial charge in [0, 0.05) is 34.0 Å². The fourth-order valence-corrected chi connectivity index (χ4v) is 3.19. The predicted molar refractivity (Wildman–Crippen MR) is 146 cm³/mol. The zero-order chi connectivity index (χ0) is 27.2. The van der Waals surface area contributed by atoms with Crippen LogP contribution < -0.4 is 0 Å². The molecule has 2 aromatic carbocycles. The lowest BCUT2D eigenvalue weighted by atomic mass is 10.1. The lowest BCUT2D eigenvalue weighted by Gasteiger charge is -1.98. The van der Waals surface area contributed by atoms with Crippen LogP contribution in [0.5, 0.6) is 0 Å². The SMILES string of the molecule is C#CCO.CCc1nnc(-c2ccc(Br)c(Cl)c2)o1.CCc1nnc(-c2ccc(C#CCO)c(Cl)c2)o1. The minimum Gasteiger partial charge on any atom is -0.421 e. The highest BCUT2D eigenvalue weighted by molar-refractivity contribution is 9.10. The third-order valence-electron chi connectivity index (χ3n) is 4.31. The summed E-state index contributed by atoms with van der Waals surface area (Å²) in [5, 5.41) is 33.0. The van der Waals surface area contributed by atoms with Gasteiger partial charge in [0.1, 0.15) is 13.2 Å². The molecule has 11 heteroatoms. The van der Waals surface area contributed by atoms with E-state index in [0.717, 1.165) is 22.0 Å². The number of terminal acetylenes is 1. The molecule has 0 aliphatic carbocycles. The highest BCUT2D eigenvalue weighted by atomic mass is 79.9. The van der Waals surface area contributed by atoms with Crippen LogP contribution in [-0.4, -0.2) is 43.8 Å². The van der Waals surface area contributed by atoms with E-state index in [1.807, 2.05) is 31.9 Å². The zero-order valence-electron chi connectivity index (χ0n) is 20.0. The van der Waals surface area contributed by atoms with Gasteiger partial charge in [-0.15, -0.1) is 26.8 Å². The van der Waals surface area contributed by atoms with Crippen molar-refractivity contribution in [2.75, 3.05) is 13.2 Å². The molecule has 2 N–H and O–H groups in total. The summed E-state index contributed by atoms with van der Waals surface area (Å²) >= 11 is 15.4. The number of nitrogens with zero attached hydrogens (tertiary/aromatic N) is 4. The van der Waals surface area contributed by atoms with Gasteiger partial charge in [-0.05, 0) is 52.3 Å². The summed E-state index contributed by atoms with van der Waals surface area (Å²) in [6.45, 7) is 3.56. The molecular formula is C26H23BrCl2N4O4. The first-order chi connectivity index (χ1) is 17.9. The maximum Gasteiger partial charge on any atom is 0.247 e. The molecule has 2 heterocycles. The first kappa shape index (κ1) is 30.0. The molecule has 4 aromatic rings. The van der Waals surface area contributed by atoms with Gasteiger partial charge in [-0.1, -0.05) is 54.8 Å². The van der Waals surface area contributed by atoms with Gasteiger partial charge in [-0.25, -0.2) is 0 Å². The molecule has 8 nitrogen and oxygen atoms in total. The number of benzene rings is 2. The summed E-state index contributed by atoms with van der Waals surface area (Å²) < 4.78 is 11.7. The fraction of sp³-hybridized carbons (Fsp3) is 0.231. The van der Waals surface area contributed by atoms with Crippen LogP contribution in [0.4, 0.5) is 0 Å². The normalized spacial score (nSPS) is 9.68. The van der Waals surface area contributed by atoms with Gasteiger partial charge in [0.2, 0.25) is 23.6 Å². The predicted octanol–water partition coefficient (Wildman–Crippen LogP) is 5.62. The molecule has 4 rings (SSSR count). The minimum absolute atomic E-state index is 0.153. The van der Waals surface area contributed by atoms with Crippen LogP contribution in [0.2, 0.25) is 10.0 Å². The van der Waals surface area contributed by atoms with E-state index in [4.69, 9.17) is 42.2 Å². The second-order valence-electron chi connectivity index (χ2n) is 6.85. The third-order valence-corrected chi connectivity index (χ3v) is 5.86.